The van der Waals surface area contributed by atoms with Crippen LogP contribution < -0.4 is 4.90 Å². The number of aldehydes is 1. The van der Waals surface area contributed by atoms with Gasteiger partial charge in [-0.1, -0.05) is 17.7 Å². The standard InChI is InChI=1S/C14H18ClNO3/c1-14(2,3)19-13(18)16(8-5-9-17)12-7-4-6-11(15)10-12/h4,6-7,9-10H,5,8H2,1-3H3. The van der Waals surface area contributed by atoms with Crippen molar-refractivity contribution in [3.8, 4) is 0 Å². The molecule has 0 atom stereocenters. The minimum Gasteiger partial charge on any atom is -0.443 e. The highest BCUT2D eigenvalue weighted by atomic mass is 35.5. The fourth-order valence-corrected chi connectivity index (χ4v) is 1.65. The molecule has 0 spiro atoms. The Morgan fingerprint density at radius 1 is 1.42 bits per heavy atom. The summed E-state index contributed by atoms with van der Waals surface area (Å²) in [4.78, 5) is 24.0. The monoisotopic (exact) mass is 283 g/mol. The molecule has 0 heterocycles. The third kappa shape index (κ3) is 5.30. The molecule has 0 fully saturated rings. The molecule has 0 aliphatic rings. The summed E-state index contributed by atoms with van der Waals surface area (Å²) < 4.78 is 5.32. The normalized spacial score (nSPS) is 10.9. The molecule has 0 N–H and O–H groups in total. The van der Waals surface area contributed by atoms with Gasteiger partial charge in [0.2, 0.25) is 0 Å². The zero-order chi connectivity index (χ0) is 14.5. The second-order valence-electron chi connectivity index (χ2n) is 5.07. The Morgan fingerprint density at radius 3 is 2.63 bits per heavy atom. The van der Waals surface area contributed by atoms with Gasteiger partial charge in [0.25, 0.3) is 0 Å². The van der Waals surface area contributed by atoms with Crippen LogP contribution in [-0.2, 0) is 9.53 Å². The Morgan fingerprint density at radius 2 is 2.11 bits per heavy atom. The first kappa shape index (κ1) is 15.5. The van der Waals surface area contributed by atoms with Crippen molar-refractivity contribution in [3.63, 3.8) is 0 Å². The number of carbonyl (C=O) groups is 2. The number of hydrogen-bond acceptors (Lipinski definition) is 3. The third-order valence-corrected chi connectivity index (χ3v) is 2.44. The van der Waals surface area contributed by atoms with Crippen molar-refractivity contribution in [2.24, 2.45) is 0 Å². The molecule has 0 bridgehead atoms. The van der Waals surface area contributed by atoms with Crippen LogP contribution in [0, 0.1) is 0 Å². The molecular formula is C14H18ClNO3. The number of amides is 1. The maximum absolute atomic E-state index is 12.1. The third-order valence-electron chi connectivity index (χ3n) is 2.20. The number of anilines is 1. The van der Waals surface area contributed by atoms with E-state index in [-0.39, 0.29) is 13.0 Å². The van der Waals surface area contributed by atoms with Crippen LogP contribution in [0.2, 0.25) is 5.02 Å². The summed E-state index contributed by atoms with van der Waals surface area (Å²) in [6.07, 6.45) is 0.518. The topological polar surface area (TPSA) is 46.6 Å². The van der Waals surface area contributed by atoms with Crippen molar-refractivity contribution < 1.29 is 14.3 Å². The summed E-state index contributed by atoms with van der Waals surface area (Å²) in [5, 5.41) is 0.525. The molecule has 1 amide bonds. The minimum absolute atomic E-state index is 0.242. The van der Waals surface area contributed by atoms with Crippen molar-refractivity contribution in [1.29, 1.82) is 0 Å². The van der Waals surface area contributed by atoms with Crippen LogP contribution in [0.15, 0.2) is 24.3 Å². The maximum atomic E-state index is 12.1. The number of ether oxygens (including phenoxy) is 1. The van der Waals surface area contributed by atoms with Crippen LogP contribution in [-0.4, -0.2) is 24.5 Å². The largest absolute Gasteiger partial charge is 0.443 e. The number of nitrogens with zero attached hydrogens (tertiary/aromatic N) is 1. The molecule has 0 saturated carbocycles. The average molecular weight is 284 g/mol. The van der Waals surface area contributed by atoms with E-state index in [1.807, 2.05) is 0 Å². The number of carbonyl (C=O) groups excluding carboxylic acids is 2. The van der Waals surface area contributed by atoms with Gasteiger partial charge in [-0.2, -0.15) is 0 Å². The smallest absolute Gasteiger partial charge is 0.414 e. The van der Waals surface area contributed by atoms with E-state index in [4.69, 9.17) is 16.3 Å². The van der Waals surface area contributed by atoms with E-state index < -0.39 is 11.7 Å². The average Bonchev–Trinajstić information content (AvgIpc) is 2.27. The zero-order valence-corrected chi connectivity index (χ0v) is 12.1. The Hall–Kier alpha value is -1.55. The summed E-state index contributed by atoms with van der Waals surface area (Å²) in [6, 6.07) is 6.88. The van der Waals surface area contributed by atoms with Crippen LogP contribution >= 0.6 is 11.6 Å². The predicted molar refractivity (Wildman–Crippen MR) is 75.7 cm³/mol. The number of halogens is 1. The highest BCUT2D eigenvalue weighted by molar-refractivity contribution is 6.30. The summed E-state index contributed by atoms with van der Waals surface area (Å²) in [6.45, 7) is 5.64. The zero-order valence-electron chi connectivity index (χ0n) is 11.4. The fourth-order valence-electron chi connectivity index (χ4n) is 1.47. The first-order chi connectivity index (χ1) is 8.83. The van der Waals surface area contributed by atoms with Gasteiger partial charge in [0, 0.05) is 23.7 Å². The van der Waals surface area contributed by atoms with E-state index in [1.165, 1.54) is 4.90 Å². The lowest BCUT2D eigenvalue weighted by Gasteiger charge is -2.27. The van der Waals surface area contributed by atoms with E-state index in [1.54, 1.807) is 45.0 Å². The van der Waals surface area contributed by atoms with Crippen LogP contribution in [0.4, 0.5) is 10.5 Å². The second kappa shape index (κ2) is 6.57. The predicted octanol–water partition coefficient (Wildman–Crippen LogP) is 3.67. The number of hydrogen-bond donors (Lipinski definition) is 0. The Balaban J connectivity index is 2.94. The molecule has 1 aromatic carbocycles. The van der Waals surface area contributed by atoms with Crippen molar-refractivity contribution in [3.05, 3.63) is 29.3 Å². The molecule has 0 radical (unpaired) electrons. The summed E-state index contributed by atoms with van der Waals surface area (Å²) in [7, 11) is 0. The van der Waals surface area contributed by atoms with Crippen LogP contribution in [0.25, 0.3) is 0 Å². The quantitative estimate of drug-likeness (QED) is 0.792. The Kier molecular flexibility index (Phi) is 5.36. The van der Waals surface area contributed by atoms with Crippen LogP contribution in [0.3, 0.4) is 0 Å². The molecule has 0 aliphatic carbocycles. The molecular weight excluding hydrogens is 266 g/mol. The lowest BCUT2D eigenvalue weighted by molar-refractivity contribution is -0.107. The first-order valence-electron chi connectivity index (χ1n) is 6.03. The van der Waals surface area contributed by atoms with E-state index in [0.717, 1.165) is 6.29 Å². The highest BCUT2D eigenvalue weighted by Crippen LogP contribution is 2.22. The summed E-state index contributed by atoms with van der Waals surface area (Å²) >= 11 is 5.91. The molecule has 19 heavy (non-hydrogen) atoms. The molecule has 0 saturated heterocycles. The van der Waals surface area contributed by atoms with Gasteiger partial charge in [-0.05, 0) is 39.0 Å². The molecule has 1 rings (SSSR count). The van der Waals surface area contributed by atoms with Crippen LogP contribution in [0.1, 0.15) is 27.2 Å². The number of benzene rings is 1. The number of rotatable bonds is 4. The summed E-state index contributed by atoms with van der Waals surface area (Å²) in [5.41, 5.74) is 0.0262. The van der Waals surface area contributed by atoms with Gasteiger partial charge in [0.15, 0.2) is 0 Å². The molecule has 0 unspecified atom stereocenters. The SMILES string of the molecule is CC(C)(C)OC(=O)N(CCC=O)c1cccc(Cl)c1. The highest BCUT2D eigenvalue weighted by Gasteiger charge is 2.23. The van der Waals surface area contributed by atoms with Gasteiger partial charge >= 0.3 is 6.09 Å². The lowest BCUT2D eigenvalue weighted by Crippen LogP contribution is -2.37. The Bertz CT molecular complexity index is 454. The van der Waals surface area contributed by atoms with Gasteiger partial charge in [-0.25, -0.2) is 4.79 Å². The van der Waals surface area contributed by atoms with Crippen molar-refractivity contribution in [2.45, 2.75) is 32.8 Å². The summed E-state index contributed by atoms with van der Waals surface area (Å²) in [5.74, 6) is 0. The Labute approximate surface area is 118 Å². The van der Waals surface area contributed by atoms with Crippen molar-refractivity contribution >= 4 is 29.7 Å². The molecule has 1 aromatic rings. The fraction of sp³-hybridized carbons (Fsp3) is 0.429. The van der Waals surface area contributed by atoms with Crippen molar-refractivity contribution in [1.82, 2.24) is 0 Å². The van der Waals surface area contributed by atoms with E-state index in [9.17, 15) is 9.59 Å². The van der Waals surface area contributed by atoms with Gasteiger partial charge in [0.05, 0.1) is 0 Å². The molecule has 4 nitrogen and oxygen atoms in total. The van der Waals surface area contributed by atoms with E-state index in [2.05, 4.69) is 0 Å². The van der Waals surface area contributed by atoms with Gasteiger partial charge in [-0.3, -0.25) is 4.90 Å². The maximum Gasteiger partial charge on any atom is 0.414 e. The first-order valence-corrected chi connectivity index (χ1v) is 6.41. The second-order valence-corrected chi connectivity index (χ2v) is 5.50. The molecule has 5 heteroatoms. The minimum atomic E-state index is -0.588. The van der Waals surface area contributed by atoms with Gasteiger partial charge < -0.3 is 9.53 Å². The van der Waals surface area contributed by atoms with Crippen LogP contribution in [0.5, 0.6) is 0 Å². The molecule has 0 aliphatic heterocycles. The van der Waals surface area contributed by atoms with Gasteiger partial charge in [0.1, 0.15) is 11.9 Å². The lowest BCUT2D eigenvalue weighted by atomic mass is 10.2. The van der Waals surface area contributed by atoms with Gasteiger partial charge in [-0.15, -0.1) is 0 Å². The molecule has 0 aromatic heterocycles. The van der Waals surface area contributed by atoms with E-state index >= 15 is 0 Å². The molecule has 104 valence electrons. The van der Waals surface area contributed by atoms with E-state index in [0.29, 0.717) is 10.7 Å². The van der Waals surface area contributed by atoms with Crippen molar-refractivity contribution in [2.75, 3.05) is 11.4 Å².